The fraction of sp³-hybridized carbons (Fsp3) is 0.769. The first-order valence-electron chi connectivity index (χ1n) is 7.32. The maximum Gasteiger partial charge on any atom is 0.323 e. The van der Waals surface area contributed by atoms with Crippen molar-refractivity contribution in [2.75, 3.05) is 43.1 Å². The highest BCUT2D eigenvalue weighted by Gasteiger charge is 2.17. The van der Waals surface area contributed by atoms with Gasteiger partial charge in [0.25, 0.3) is 0 Å². The number of aliphatic hydroxyl groups is 1. The first-order valence-corrected chi connectivity index (χ1v) is 7.32. The second-order valence-corrected chi connectivity index (χ2v) is 4.79. The molecule has 2 N–H and O–H groups in total. The summed E-state index contributed by atoms with van der Waals surface area (Å²) in [5.74, 6) is 1.23. The second-order valence-electron chi connectivity index (χ2n) is 4.79. The lowest BCUT2D eigenvalue weighted by atomic mass is 10.4. The molecule has 0 atom stereocenters. The molecule has 112 valence electrons. The monoisotopic (exact) mass is 281 g/mol. The van der Waals surface area contributed by atoms with E-state index in [2.05, 4.69) is 32.1 Å². The van der Waals surface area contributed by atoms with Crippen LogP contribution in [-0.4, -0.2) is 52.9 Å². The van der Waals surface area contributed by atoms with Crippen LogP contribution in [0, 0.1) is 0 Å². The standard InChI is InChI=1S/C13H23N5O2/c1-2-6-14-11-15-12(18-7-3-4-8-18)17-13(16-11)20-10-5-9-19/h19H,2-10H2,1H3,(H,14,15,16,17). The molecule has 7 nitrogen and oxygen atoms in total. The van der Waals surface area contributed by atoms with Gasteiger partial charge in [0.1, 0.15) is 0 Å². The maximum atomic E-state index is 8.79. The summed E-state index contributed by atoms with van der Waals surface area (Å²) < 4.78 is 5.48. The van der Waals surface area contributed by atoms with Crippen LogP contribution in [-0.2, 0) is 0 Å². The number of nitrogens with zero attached hydrogens (tertiary/aromatic N) is 4. The maximum absolute atomic E-state index is 8.79. The quantitative estimate of drug-likeness (QED) is 0.689. The Morgan fingerprint density at radius 2 is 2.05 bits per heavy atom. The molecule has 1 aliphatic rings. The van der Waals surface area contributed by atoms with Crippen LogP contribution in [0.2, 0.25) is 0 Å². The molecule has 1 aromatic heterocycles. The molecule has 0 spiro atoms. The number of hydrogen-bond acceptors (Lipinski definition) is 7. The van der Waals surface area contributed by atoms with Gasteiger partial charge in [-0.15, -0.1) is 0 Å². The first-order chi connectivity index (χ1) is 9.83. The van der Waals surface area contributed by atoms with E-state index in [1.807, 2.05) is 0 Å². The summed E-state index contributed by atoms with van der Waals surface area (Å²) in [4.78, 5) is 15.2. The van der Waals surface area contributed by atoms with Crippen molar-refractivity contribution < 1.29 is 9.84 Å². The van der Waals surface area contributed by atoms with Crippen molar-refractivity contribution in [1.82, 2.24) is 15.0 Å². The van der Waals surface area contributed by atoms with Crippen LogP contribution in [0.4, 0.5) is 11.9 Å². The van der Waals surface area contributed by atoms with Crippen molar-refractivity contribution in [3.63, 3.8) is 0 Å². The highest BCUT2D eigenvalue weighted by Crippen LogP contribution is 2.19. The predicted molar refractivity (Wildman–Crippen MR) is 77.3 cm³/mol. The van der Waals surface area contributed by atoms with Crippen LogP contribution in [0.5, 0.6) is 6.01 Å². The Balaban J connectivity index is 2.09. The van der Waals surface area contributed by atoms with E-state index in [0.29, 0.717) is 30.9 Å². The third-order valence-electron chi connectivity index (χ3n) is 3.06. The van der Waals surface area contributed by atoms with Crippen molar-refractivity contribution in [1.29, 1.82) is 0 Å². The molecular formula is C13H23N5O2. The highest BCUT2D eigenvalue weighted by atomic mass is 16.5. The van der Waals surface area contributed by atoms with Crippen LogP contribution in [0.15, 0.2) is 0 Å². The number of hydrogen-bond donors (Lipinski definition) is 2. The second kappa shape index (κ2) is 7.84. The van der Waals surface area contributed by atoms with Crippen molar-refractivity contribution in [3.05, 3.63) is 0 Å². The predicted octanol–water partition coefficient (Wildman–Crippen LogP) is 1.05. The van der Waals surface area contributed by atoms with Crippen molar-refractivity contribution in [3.8, 4) is 6.01 Å². The van der Waals surface area contributed by atoms with Gasteiger partial charge in [-0.25, -0.2) is 0 Å². The Labute approximate surface area is 119 Å². The van der Waals surface area contributed by atoms with E-state index < -0.39 is 0 Å². The van der Waals surface area contributed by atoms with E-state index in [1.165, 1.54) is 12.8 Å². The van der Waals surface area contributed by atoms with Gasteiger partial charge < -0.3 is 20.1 Å². The lowest BCUT2D eigenvalue weighted by molar-refractivity contribution is 0.224. The molecule has 2 rings (SSSR count). The van der Waals surface area contributed by atoms with E-state index in [9.17, 15) is 0 Å². The fourth-order valence-electron chi connectivity index (χ4n) is 2.01. The summed E-state index contributed by atoms with van der Waals surface area (Å²) in [6, 6.07) is 0.328. The zero-order valence-corrected chi connectivity index (χ0v) is 12.0. The van der Waals surface area contributed by atoms with Gasteiger partial charge in [-0.05, 0) is 19.3 Å². The molecule has 7 heteroatoms. The van der Waals surface area contributed by atoms with Gasteiger partial charge in [-0.2, -0.15) is 15.0 Å². The molecular weight excluding hydrogens is 258 g/mol. The molecule has 1 fully saturated rings. The summed E-state index contributed by atoms with van der Waals surface area (Å²) in [5, 5.41) is 12.0. The molecule has 0 unspecified atom stereocenters. The average molecular weight is 281 g/mol. The van der Waals surface area contributed by atoms with Crippen molar-refractivity contribution in [2.45, 2.75) is 32.6 Å². The van der Waals surface area contributed by atoms with E-state index in [0.717, 1.165) is 26.1 Å². The Morgan fingerprint density at radius 1 is 1.25 bits per heavy atom. The minimum Gasteiger partial charge on any atom is -0.463 e. The number of aliphatic hydroxyl groups excluding tert-OH is 1. The van der Waals surface area contributed by atoms with Gasteiger partial charge in [0.05, 0.1) is 6.61 Å². The SMILES string of the molecule is CCCNc1nc(OCCCO)nc(N2CCCC2)n1. The highest BCUT2D eigenvalue weighted by molar-refractivity contribution is 5.39. The van der Waals surface area contributed by atoms with Gasteiger partial charge in [-0.3, -0.25) is 0 Å². The summed E-state index contributed by atoms with van der Waals surface area (Å²) in [6.07, 6.45) is 3.92. The van der Waals surface area contributed by atoms with Crippen LogP contribution in [0.3, 0.4) is 0 Å². The molecule has 0 saturated carbocycles. The largest absolute Gasteiger partial charge is 0.463 e. The fourth-order valence-corrected chi connectivity index (χ4v) is 2.01. The molecule has 0 aliphatic carbocycles. The normalized spacial score (nSPS) is 14.6. The third kappa shape index (κ3) is 4.19. The molecule has 1 aromatic rings. The topological polar surface area (TPSA) is 83.4 Å². The average Bonchev–Trinajstić information content (AvgIpc) is 2.99. The van der Waals surface area contributed by atoms with Gasteiger partial charge in [0.15, 0.2) is 0 Å². The summed E-state index contributed by atoms with van der Waals surface area (Å²) in [5.41, 5.74) is 0. The lowest BCUT2D eigenvalue weighted by Gasteiger charge is -2.16. The Hall–Kier alpha value is -1.63. The molecule has 20 heavy (non-hydrogen) atoms. The van der Waals surface area contributed by atoms with Gasteiger partial charge >= 0.3 is 6.01 Å². The van der Waals surface area contributed by atoms with Gasteiger partial charge in [0.2, 0.25) is 11.9 Å². The minimum atomic E-state index is 0.102. The van der Waals surface area contributed by atoms with Crippen molar-refractivity contribution in [2.24, 2.45) is 0 Å². The Morgan fingerprint density at radius 3 is 2.75 bits per heavy atom. The number of rotatable bonds is 8. The van der Waals surface area contributed by atoms with Crippen LogP contribution in [0.1, 0.15) is 32.6 Å². The smallest absolute Gasteiger partial charge is 0.323 e. The minimum absolute atomic E-state index is 0.102. The molecule has 0 aromatic carbocycles. The van der Waals surface area contributed by atoms with Crippen LogP contribution in [0.25, 0.3) is 0 Å². The Kier molecular flexibility index (Phi) is 5.79. The van der Waals surface area contributed by atoms with Crippen LogP contribution < -0.4 is 15.0 Å². The Bertz CT molecular complexity index is 410. The van der Waals surface area contributed by atoms with Gasteiger partial charge in [0, 0.05) is 32.7 Å². The third-order valence-corrected chi connectivity index (χ3v) is 3.06. The summed E-state index contributed by atoms with van der Waals surface area (Å²) in [7, 11) is 0. The lowest BCUT2D eigenvalue weighted by Crippen LogP contribution is -2.22. The number of nitrogens with one attached hydrogen (secondary N) is 1. The summed E-state index contributed by atoms with van der Waals surface area (Å²) in [6.45, 7) is 5.38. The first kappa shape index (κ1) is 14.8. The molecule has 1 aliphatic heterocycles. The van der Waals surface area contributed by atoms with E-state index in [1.54, 1.807) is 0 Å². The number of ether oxygens (including phenoxy) is 1. The summed E-state index contributed by atoms with van der Waals surface area (Å²) >= 11 is 0. The van der Waals surface area contributed by atoms with E-state index in [4.69, 9.17) is 9.84 Å². The zero-order chi connectivity index (χ0) is 14.2. The van der Waals surface area contributed by atoms with Gasteiger partial charge in [-0.1, -0.05) is 6.92 Å². The van der Waals surface area contributed by atoms with Crippen molar-refractivity contribution >= 4 is 11.9 Å². The molecule has 1 saturated heterocycles. The van der Waals surface area contributed by atoms with Crippen LogP contribution >= 0.6 is 0 Å². The van der Waals surface area contributed by atoms with E-state index >= 15 is 0 Å². The van der Waals surface area contributed by atoms with E-state index in [-0.39, 0.29) is 6.61 Å². The molecule has 2 heterocycles. The number of aromatic nitrogens is 3. The molecule has 0 amide bonds. The molecule has 0 radical (unpaired) electrons. The molecule has 0 bridgehead atoms. The number of anilines is 2. The zero-order valence-electron chi connectivity index (χ0n) is 12.0.